The summed E-state index contributed by atoms with van der Waals surface area (Å²) in [4.78, 5) is 16.0. The number of aliphatic hydroxyl groups excluding tert-OH is 1. The minimum absolute atomic E-state index is 0. The Bertz CT molecular complexity index is 1720. The van der Waals surface area contributed by atoms with E-state index in [1.165, 1.54) is 54.5 Å². The van der Waals surface area contributed by atoms with Crippen molar-refractivity contribution in [1.82, 2.24) is 4.98 Å². The van der Waals surface area contributed by atoms with Crippen molar-refractivity contribution in [3.8, 4) is 11.3 Å². The zero-order valence-electron chi connectivity index (χ0n) is 25.2. The number of carbonyl (C=O) groups excluding carboxylic acids is 1. The molecule has 3 aromatic carbocycles. The number of para-hydroxylation sites is 1. The Morgan fingerprint density at radius 2 is 1.57 bits per heavy atom. The minimum Gasteiger partial charge on any atom is -0.512 e. The number of rotatable bonds is 5. The van der Waals surface area contributed by atoms with Gasteiger partial charge in [0.25, 0.3) is 0 Å². The largest absolute Gasteiger partial charge is 0.512 e. The molecule has 1 fully saturated rings. The first kappa shape index (κ1) is 31.7. The number of aromatic nitrogens is 1. The van der Waals surface area contributed by atoms with Gasteiger partial charge in [-0.2, -0.15) is 0 Å². The number of ketones is 1. The summed E-state index contributed by atoms with van der Waals surface area (Å²) < 4.78 is 6.32. The van der Waals surface area contributed by atoms with Gasteiger partial charge in [0.1, 0.15) is 5.58 Å². The maximum Gasteiger partial charge on any atom is 0.161 e. The summed E-state index contributed by atoms with van der Waals surface area (Å²) in [6.07, 6.45) is 10.00. The van der Waals surface area contributed by atoms with E-state index in [0.29, 0.717) is 5.92 Å². The van der Waals surface area contributed by atoms with Crippen LogP contribution < -0.4 is 0 Å². The molecule has 6 rings (SSSR count). The van der Waals surface area contributed by atoms with Crippen LogP contribution in [0.25, 0.3) is 44.0 Å². The van der Waals surface area contributed by atoms with E-state index in [0.717, 1.165) is 38.8 Å². The molecule has 1 radical (unpaired) electrons. The fraction of sp³-hybridized carbons (Fsp3) is 0.351. The van der Waals surface area contributed by atoms with Crippen molar-refractivity contribution in [1.29, 1.82) is 0 Å². The zero-order chi connectivity index (χ0) is 29.1. The molecule has 221 valence electrons. The number of pyridine rings is 1. The predicted molar refractivity (Wildman–Crippen MR) is 169 cm³/mol. The number of carbonyl (C=O) groups is 1. The van der Waals surface area contributed by atoms with Crippen molar-refractivity contribution in [2.45, 2.75) is 72.6 Å². The number of aliphatic hydroxyl groups is 1. The van der Waals surface area contributed by atoms with Gasteiger partial charge in [-0.3, -0.25) is 4.79 Å². The number of fused-ring (bicyclic) bond motifs is 4. The van der Waals surface area contributed by atoms with Crippen LogP contribution in [0.15, 0.2) is 77.0 Å². The van der Waals surface area contributed by atoms with Crippen LogP contribution in [0.4, 0.5) is 0 Å². The Labute approximate surface area is 262 Å². The molecule has 0 aliphatic heterocycles. The molecule has 1 N–H and O–H groups in total. The number of aryl methyl sites for hydroxylation is 1. The van der Waals surface area contributed by atoms with Crippen LogP contribution in [0.5, 0.6) is 0 Å². The quantitative estimate of drug-likeness (QED) is 0.111. The SMILES string of the molecule is CC(C)C(=O)/C=C(\O)C(C)C.Cc1[c-]c(-c2ncc(C3CCCCC3)c3ccccc23)c2oc3ccccc3c2c1.[Ir]. The Balaban J connectivity index is 0.000000292. The first-order chi connectivity index (χ1) is 19.7. The van der Waals surface area contributed by atoms with Crippen molar-refractivity contribution < 1.29 is 34.4 Å². The second kappa shape index (κ2) is 13.8. The second-order valence-corrected chi connectivity index (χ2v) is 11.9. The standard InChI is InChI=1S/C28H24NO.C9H16O2.Ir/c1-18-15-23-21-12-7-8-14-26(21)30-28(23)24(16-18)27-22-13-6-5-11-20(22)25(17-29-27)19-9-3-2-4-10-19;1-6(2)8(10)5-9(11)7(3)4;/h5-8,11-15,17,19H,2-4,9-10H2,1H3;5-7,10H,1-4H3;/q-1;;/b;8-5-;. The van der Waals surface area contributed by atoms with E-state index < -0.39 is 0 Å². The number of allylic oxidation sites excluding steroid dienone is 2. The maximum absolute atomic E-state index is 11.0. The summed E-state index contributed by atoms with van der Waals surface area (Å²) in [6, 6.07) is 22.7. The van der Waals surface area contributed by atoms with Gasteiger partial charge in [-0.1, -0.05) is 107 Å². The van der Waals surface area contributed by atoms with Crippen molar-refractivity contribution >= 4 is 38.5 Å². The van der Waals surface area contributed by atoms with E-state index in [1.807, 2.05) is 39.8 Å². The fourth-order valence-corrected chi connectivity index (χ4v) is 5.70. The third-order valence-corrected chi connectivity index (χ3v) is 8.10. The summed E-state index contributed by atoms with van der Waals surface area (Å²) in [7, 11) is 0. The van der Waals surface area contributed by atoms with Crippen LogP contribution in [0, 0.1) is 24.8 Å². The van der Waals surface area contributed by atoms with Crippen LogP contribution >= 0.6 is 0 Å². The molecule has 0 spiro atoms. The smallest absolute Gasteiger partial charge is 0.161 e. The summed E-state index contributed by atoms with van der Waals surface area (Å²) in [5, 5.41) is 14.0. The molecular formula is C37H40IrNO3-. The van der Waals surface area contributed by atoms with Gasteiger partial charge in [0.2, 0.25) is 0 Å². The third-order valence-electron chi connectivity index (χ3n) is 8.10. The number of benzene rings is 3. The first-order valence-corrected chi connectivity index (χ1v) is 14.9. The molecule has 4 nitrogen and oxygen atoms in total. The Kier molecular flexibility index (Phi) is 10.4. The molecule has 0 amide bonds. The van der Waals surface area contributed by atoms with Gasteiger partial charge in [-0.25, -0.2) is 0 Å². The molecule has 0 saturated heterocycles. The fourth-order valence-electron chi connectivity index (χ4n) is 5.70. The van der Waals surface area contributed by atoms with Gasteiger partial charge >= 0.3 is 0 Å². The van der Waals surface area contributed by atoms with Gasteiger partial charge in [0.05, 0.1) is 11.3 Å². The van der Waals surface area contributed by atoms with Gasteiger partial charge in [0.15, 0.2) is 5.78 Å². The van der Waals surface area contributed by atoms with Crippen LogP contribution in [0.2, 0.25) is 0 Å². The van der Waals surface area contributed by atoms with Gasteiger partial charge in [0, 0.05) is 49.6 Å². The molecule has 5 aromatic rings. The number of hydrogen-bond donors (Lipinski definition) is 1. The molecule has 1 aliphatic rings. The van der Waals surface area contributed by atoms with Gasteiger partial charge < -0.3 is 14.5 Å². The van der Waals surface area contributed by atoms with E-state index in [4.69, 9.17) is 9.40 Å². The molecule has 1 saturated carbocycles. The topological polar surface area (TPSA) is 63.3 Å². The van der Waals surface area contributed by atoms with Gasteiger partial charge in [-0.05, 0) is 46.9 Å². The molecule has 0 unspecified atom stereocenters. The van der Waals surface area contributed by atoms with Gasteiger partial charge in [-0.15, -0.1) is 17.7 Å². The summed E-state index contributed by atoms with van der Waals surface area (Å²) in [5.74, 6) is 0.784. The van der Waals surface area contributed by atoms with Crippen LogP contribution in [-0.2, 0) is 24.9 Å². The van der Waals surface area contributed by atoms with Crippen LogP contribution in [-0.4, -0.2) is 15.9 Å². The van der Waals surface area contributed by atoms with E-state index in [1.54, 1.807) is 0 Å². The molecule has 0 bridgehead atoms. The molecule has 2 aromatic heterocycles. The Hall–Kier alpha value is -3.27. The molecule has 42 heavy (non-hydrogen) atoms. The average molecular weight is 739 g/mol. The first-order valence-electron chi connectivity index (χ1n) is 14.9. The maximum atomic E-state index is 11.0. The zero-order valence-corrected chi connectivity index (χ0v) is 27.6. The Morgan fingerprint density at radius 1 is 0.929 bits per heavy atom. The number of furan rings is 1. The van der Waals surface area contributed by atoms with E-state index in [9.17, 15) is 9.90 Å². The summed E-state index contributed by atoms with van der Waals surface area (Å²) >= 11 is 0. The summed E-state index contributed by atoms with van der Waals surface area (Å²) in [6.45, 7) is 9.42. The monoisotopic (exact) mass is 739 g/mol. The molecule has 0 atom stereocenters. The normalized spacial score (nSPS) is 14.3. The second-order valence-electron chi connectivity index (χ2n) is 11.9. The van der Waals surface area contributed by atoms with E-state index in [2.05, 4.69) is 61.7 Å². The van der Waals surface area contributed by atoms with Crippen molar-refractivity contribution in [2.24, 2.45) is 11.8 Å². The number of hydrogen-bond acceptors (Lipinski definition) is 4. The van der Waals surface area contributed by atoms with Crippen molar-refractivity contribution in [3.05, 3.63) is 89.8 Å². The minimum atomic E-state index is -0.0316. The van der Waals surface area contributed by atoms with E-state index in [-0.39, 0.29) is 43.5 Å². The van der Waals surface area contributed by atoms with E-state index >= 15 is 0 Å². The molecule has 5 heteroatoms. The van der Waals surface area contributed by atoms with Crippen LogP contribution in [0.1, 0.15) is 76.8 Å². The molecule has 2 heterocycles. The third kappa shape index (κ3) is 6.69. The predicted octanol–water partition coefficient (Wildman–Crippen LogP) is 10.3. The molecular weight excluding hydrogens is 699 g/mol. The molecule has 1 aliphatic carbocycles. The van der Waals surface area contributed by atoms with Crippen molar-refractivity contribution in [2.75, 3.05) is 0 Å². The number of nitrogens with zero attached hydrogens (tertiary/aromatic N) is 1. The average Bonchev–Trinajstić information content (AvgIpc) is 3.35. The Morgan fingerprint density at radius 3 is 2.24 bits per heavy atom. The summed E-state index contributed by atoms with van der Waals surface area (Å²) in [5.41, 5.74) is 6.24. The van der Waals surface area contributed by atoms with Crippen LogP contribution in [0.3, 0.4) is 0 Å². The van der Waals surface area contributed by atoms with Crippen molar-refractivity contribution in [3.63, 3.8) is 0 Å².